The van der Waals surface area contributed by atoms with E-state index in [4.69, 9.17) is 0 Å². The summed E-state index contributed by atoms with van der Waals surface area (Å²) < 4.78 is 50.9. The van der Waals surface area contributed by atoms with Gasteiger partial charge >= 0.3 is 0 Å². The number of rotatable bonds is 8. The Morgan fingerprint density at radius 3 is 2.55 bits per heavy atom. The first-order valence-corrected chi connectivity index (χ1v) is 12.0. The third-order valence-corrected chi connectivity index (χ3v) is 5.89. The summed E-state index contributed by atoms with van der Waals surface area (Å²) in [5.74, 6) is -0.357. The first-order valence-electron chi connectivity index (χ1n) is 9.92. The lowest BCUT2D eigenvalue weighted by Crippen LogP contribution is -2.45. The smallest absolute Gasteiger partial charge is 0.191 e. The summed E-state index contributed by atoms with van der Waals surface area (Å²) in [4.78, 5) is 6.33. The fourth-order valence-corrected chi connectivity index (χ4v) is 4.14. The second-order valence-corrected chi connectivity index (χ2v) is 10.6. The Morgan fingerprint density at radius 1 is 1.31 bits per heavy atom. The third kappa shape index (κ3) is 7.45. The predicted octanol–water partition coefficient (Wildman–Crippen LogP) is 2.56. The first-order chi connectivity index (χ1) is 13.5. The molecule has 0 saturated carbocycles. The standard InChI is InChI=1S/C20H32F2N4O2S/c1-5-23-19(24-14-20(2,3)10-12-29(4,27)28)25-15-9-11-26(13-15)18-16(21)7-6-8-17(18)22/h6-8,15H,5,9-14H2,1-4H3,(H2,23,24,25). The molecular weight excluding hydrogens is 398 g/mol. The van der Waals surface area contributed by atoms with Gasteiger partial charge in [0.05, 0.1) is 5.75 Å². The van der Waals surface area contributed by atoms with Crippen molar-refractivity contribution in [2.24, 2.45) is 10.4 Å². The summed E-state index contributed by atoms with van der Waals surface area (Å²) in [5, 5.41) is 6.52. The molecule has 0 bridgehead atoms. The van der Waals surface area contributed by atoms with Crippen molar-refractivity contribution in [3.05, 3.63) is 29.8 Å². The van der Waals surface area contributed by atoms with Crippen LogP contribution in [0.1, 0.15) is 33.6 Å². The maximum Gasteiger partial charge on any atom is 0.191 e. The lowest BCUT2D eigenvalue weighted by atomic mass is 9.90. The van der Waals surface area contributed by atoms with Crippen molar-refractivity contribution < 1.29 is 17.2 Å². The van der Waals surface area contributed by atoms with E-state index in [2.05, 4.69) is 15.6 Å². The van der Waals surface area contributed by atoms with Crippen molar-refractivity contribution in [3.8, 4) is 0 Å². The quantitative estimate of drug-likeness (QED) is 0.490. The van der Waals surface area contributed by atoms with Crippen molar-refractivity contribution >= 4 is 21.5 Å². The van der Waals surface area contributed by atoms with E-state index in [1.54, 1.807) is 4.90 Å². The highest BCUT2D eigenvalue weighted by Crippen LogP contribution is 2.27. The summed E-state index contributed by atoms with van der Waals surface area (Å²) in [5.41, 5.74) is -0.246. The zero-order valence-corrected chi connectivity index (χ0v) is 18.5. The Bertz CT molecular complexity index is 808. The summed E-state index contributed by atoms with van der Waals surface area (Å²) in [6.45, 7) is 8.10. The predicted molar refractivity (Wildman–Crippen MR) is 114 cm³/mol. The monoisotopic (exact) mass is 430 g/mol. The molecule has 1 atom stereocenters. The molecule has 1 aromatic rings. The van der Waals surface area contributed by atoms with Crippen molar-refractivity contribution in [2.45, 2.75) is 39.7 Å². The highest BCUT2D eigenvalue weighted by molar-refractivity contribution is 7.90. The summed E-state index contributed by atoms with van der Waals surface area (Å²) in [7, 11) is -3.01. The molecule has 0 radical (unpaired) electrons. The fourth-order valence-electron chi connectivity index (χ4n) is 3.22. The van der Waals surface area contributed by atoms with Gasteiger partial charge in [-0.2, -0.15) is 0 Å². The minimum Gasteiger partial charge on any atom is -0.365 e. The highest BCUT2D eigenvalue weighted by Gasteiger charge is 2.27. The molecule has 1 aliphatic rings. The van der Waals surface area contributed by atoms with Gasteiger partial charge in [-0.3, -0.25) is 4.99 Å². The van der Waals surface area contributed by atoms with Crippen LogP contribution < -0.4 is 15.5 Å². The summed E-state index contributed by atoms with van der Waals surface area (Å²) in [6, 6.07) is 3.90. The van der Waals surface area contributed by atoms with Crippen LogP contribution in [-0.2, 0) is 9.84 Å². The van der Waals surface area contributed by atoms with E-state index in [1.165, 1.54) is 24.5 Å². The molecule has 2 rings (SSSR count). The Labute approximate surface area is 172 Å². The second-order valence-electron chi connectivity index (χ2n) is 8.39. The van der Waals surface area contributed by atoms with Crippen LogP contribution >= 0.6 is 0 Å². The SMILES string of the molecule is CCNC(=NCC(C)(C)CCS(C)(=O)=O)NC1CCN(c2c(F)cccc2F)C1. The molecule has 6 nitrogen and oxygen atoms in total. The lowest BCUT2D eigenvalue weighted by molar-refractivity contribution is 0.365. The summed E-state index contributed by atoms with van der Waals surface area (Å²) >= 11 is 0. The highest BCUT2D eigenvalue weighted by atomic mass is 32.2. The fraction of sp³-hybridized carbons (Fsp3) is 0.650. The van der Waals surface area contributed by atoms with E-state index in [9.17, 15) is 17.2 Å². The van der Waals surface area contributed by atoms with E-state index >= 15 is 0 Å². The molecule has 1 aliphatic heterocycles. The molecule has 0 aliphatic carbocycles. The molecule has 2 N–H and O–H groups in total. The normalized spacial score (nSPS) is 18.2. The van der Waals surface area contributed by atoms with Crippen LogP contribution in [0.15, 0.2) is 23.2 Å². The van der Waals surface area contributed by atoms with Gasteiger partial charge in [-0.15, -0.1) is 0 Å². The van der Waals surface area contributed by atoms with Crippen LogP contribution in [0.3, 0.4) is 0 Å². The number of nitrogens with one attached hydrogen (secondary N) is 2. The van der Waals surface area contributed by atoms with Crippen molar-refractivity contribution in [1.29, 1.82) is 0 Å². The van der Waals surface area contributed by atoms with Crippen LogP contribution in [0, 0.1) is 17.0 Å². The van der Waals surface area contributed by atoms with Crippen molar-refractivity contribution in [1.82, 2.24) is 10.6 Å². The average Bonchev–Trinajstić information content (AvgIpc) is 3.06. The van der Waals surface area contributed by atoms with E-state index < -0.39 is 21.5 Å². The molecule has 0 amide bonds. The Kier molecular flexibility index (Phi) is 7.85. The third-order valence-electron chi connectivity index (χ3n) is 4.94. The largest absolute Gasteiger partial charge is 0.365 e. The van der Waals surface area contributed by atoms with E-state index in [0.717, 1.165) is 6.42 Å². The molecule has 1 unspecified atom stereocenters. The molecule has 1 aromatic carbocycles. The van der Waals surface area contributed by atoms with Gasteiger partial charge in [0.1, 0.15) is 27.2 Å². The molecule has 164 valence electrons. The molecule has 1 heterocycles. The van der Waals surface area contributed by atoms with Crippen molar-refractivity contribution in [2.75, 3.05) is 43.1 Å². The van der Waals surface area contributed by atoms with Gasteiger partial charge in [-0.25, -0.2) is 17.2 Å². The molecule has 0 aromatic heterocycles. The van der Waals surface area contributed by atoms with E-state index in [1.807, 2.05) is 20.8 Å². The van der Waals surface area contributed by atoms with Crippen LogP contribution in [0.4, 0.5) is 14.5 Å². The minimum absolute atomic E-state index is 0.00550. The molecular formula is C20H32F2N4O2S. The molecule has 1 saturated heterocycles. The molecule has 29 heavy (non-hydrogen) atoms. The summed E-state index contributed by atoms with van der Waals surface area (Å²) in [6.07, 6.45) is 2.50. The number of benzene rings is 1. The Hall–Kier alpha value is -1.90. The second kappa shape index (κ2) is 9.73. The number of nitrogens with zero attached hydrogens (tertiary/aromatic N) is 2. The Morgan fingerprint density at radius 2 is 1.97 bits per heavy atom. The van der Waals surface area contributed by atoms with E-state index in [-0.39, 0.29) is 22.9 Å². The van der Waals surface area contributed by atoms with Gasteiger partial charge in [0.2, 0.25) is 0 Å². The maximum atomic E-state index is 14.0. The van der Waals surface area contributed by atoms with E-state index in [0.29, 0.717) is 38.6 Å². The maximum absolute atomic E-state index is 14.0. The molecule has 9 heteroatoms. The number of hydrogen-bond donors (Lipinski definition) is 2. The zero-order valence-electron chi connectivity index (χ0n) is 17.6. The zero-order chi connectivity index (χ0) is 21.7. The number of sulfone groups is 1. The van der Waals surface area contributed by atoms with Gasteiger partial charge < -0.3 is 15.5 Å². The molecule has 0 spiro atoms. The first kappa shape index (κ1) is 23.4. The van der Waals surface area contributed by atoms with Gasteiger partial charge in [0, 0.05) is 38.5 Å². The Balaban J connectivity index is 1.99. The van der Waals surface area contributed by atoms with Gasteiger partial charge in [0.25, 0.3) is 0 Å². The minimum atomic E-state index is -3.01. The number of guanidine groups is 1. The number of hydrogen-bond acceptors (Lipinski definition) is 4. The van der Waals surface area contributed by atoms with Crippen LogP contribution in [0.5, 0.6) is 0 Å². The number of aliphatic imine (C=N–C) groups is 1. The van der Waals surface area contributed by atoms with Crippen LogP contribution in [0.2, 0.25) is 0 Å². The number of halogens is 2. The molecule has 1 fully saturated rings. The van der Waals surface area contributed by atoms with Gasteiger partial charge in [-0.1, -0.05) is 19.9 Å². The number of para-hydroxylation sites is 1. The van der Waals surface area contributed by atoms with Crippen LogP contribution in [-0.4, -0.2) is 58.6 Å². The van der Waals surface area contributed by atoms with Crippen LogP contribution in [0.25, 0.3) is 0 Å². The lowest BCUT2D eigenvalue weighted by Gasteiger charge is -2.24. The van der Waals surface area contributed by atoms with Crippen molar-refractivity contribution in [3.63, 3.8) is 0 Å². The number of anilines is 1. The topological polar surface area (TPSA) is 73.8 Å². The average molecular weight is 431 g/mol. The van der Waals surface area contributed by atoms with Gasteiger partial charge in [-0.05, 0) is 37.3 Å². The van der Waals surface area contributed by atoms with Gasteiger partial charge in [0.15, 0.2) is 5.96 Å².